The predicted octanol–water partition coefficient (Wildman–Crippen LogP) is 2.17. The summed E-state index contributed by atoms with van der Waals surface area (Å²) < 4.78 is 24.5. The van der Waals surface area contributed by atoms with Crippen LogP contribution in [0.3, 0.4) is 0 Å². The fourth-order valence-electron chi connectivity index (χ4n) is 3.58. The molecule has 2 amide bonds. The molecule has 1 aromatic carbocycles. The van der Waals surface area contributed by atoms with Crippen LogP contribution in [0, 0.1) is 5.92 Å². The van der Waals surface area contributed by atoms with E-state index in [1.165, 1.54) is 24.3 Å². The van der Waals surface area contributed by atoms with Gasteiger partial charge in [-0.05, 0) is 48.9 Å². The summed E-state index contributed by atoms with van der Waals surface area (Å²) in [4.78, 5) is 30.6. The monoisotopic (exact) mass is 420 g/mol. The number of anilines is 1. The summed E-state index contributed by atoms with van der Waals surface area (Å²) in [6, 6.07) is 3.29. The molecule has 3 N–H and O–H groups in total. The highest BCUT2D eigenvalue weighted by Crippen LogP contribution is 2.41. The van der Waals surface area contributed by atoms with Crippen molar-refractivity contribution in [3.63, 3.8) is 0 Å². The van der Waals surface area contributed by atoms with Crippen molar-refractivity contribution in [2.24, 2.45) is 11.1 Å². The van der Waals surface area contributed by atoms with Crippen LogP contribution in [0.5, 0.6) is 0 Å². The normalized spacial score (nSPS) is 17.5. The molecule has 1 saturated carbocycles. The van der Waals surface area contributed by atoms with Gasteiger partial charge in [0.05, 0.1) is 15.3 Å². The van der Waals surface area contributed by atoms with Gasteiger partial charge in [0.2, 0.25) is 15.9 Å². The van der Waals surface area contributed by atoms with Crippen LogP contribution >= 0.6 is 11.3 Å². The highest BCUT2D eigenvalue weighted by atomic mass is 32.2. The number of nitrogens with zero attached hydrogens (tertiary/aromatic N) is 2. The molecule has 1 unspecified atom stereocenters. The Balaban J connectivity index is 1.78. The molecule has 148 valence electrons. The molecule has 8 nitrogen and oxygen atoms in total. The summed E-state index contributed by atoms with van der Waals surface area (Å²) in [7, 11) is -4.09. The number of nitrogens with one attached hydrogen (secondary N) is 1. The van der Waals surface area contributed by atoms with Gasteiger partial charge in [-0.3, -0.25) is 9.59 Å². The molecule has 1 atom stereocenters. The summed E-state index contributed by atoms with van der Waals surface area (Å²) in [5.74, 6) is -0.0547. The van der Waals surface area contributed by atoms with Gasteiger partial charge in [0.1, 0.15) is 0 Å². The lowest BCUT2D eigenvalue weighted by atomic mass is 10.1. The van der Waals surface area contributed by atoms with Gasteiger partial charge in [-0.15, -0.1) is 0 Å². The lowest BCUT2D eigenvalue weighted by molar-refractivity contribution is -0.114. The Kier molecular flexibility index (Phi) is 4.52. The average molecular weight is 421 g/mol. The molecule has 28 heavy (non-hydrogen) atoms. The highest BCUT2D eigenvalue weighted by Gasteiger charge is 2.41. The third-order valence-electron chi connectivity index (χ3n) is 5.17. The van der Waals surface area contributed by atoms with Crippen LogP contribution in [0.4, 0.5) is 5.13 Å². The quantitative estimate of drug-likeness (QED) is 0.767. The van der Waals surface area contributed by atoms with Crippen LogP contribution in [0.25, 0.3) is 10.4 Å². The van der Waals surface area contributed by atoms with E-state index in [1.807, 2.05) is 13.0 Å². The number of carbonyl (C=O) groups excluding carboxylic acids is 2. The van der Waals surface area contributed by atoms with Gasteiger partial charge in [0, 0.05) is 25.7 Å². The molecule has 4 rings (SSSR count). The van der Waals surface area contributed by atoms with E-state index < -0.39 is 10.0 Å². The second-order valence-corrected chi connectivity index (χ2v) is 9.84. The maximum Gasteiger partial charge on any atom is 0.256 e. The first-order valence-corrected chi connectivity index (χ1v) is 11.3. The summed E-state index contributed by atoms with van der Waals surface area (Å²) in [6.45, 7) is 3.75. The van der Waals surface area contributed by atoms with E-state index in [2.05, 4.69) is 10.3 Å². The maximum absolute atomic E-state index is 13.0. The lowest BCUT2D eigenvalue weighted by Gasteiger charge is -2.24. The smallest absolute Gasteiger partial charge is 0.256 e. The third-order valence-corrected chi connectivity index (χ3v) is 7.07. The largest absolute Gasteiger partial charge is 0.331 e. The van der Waals surface area contributed by atoms with E-state index in [0.717, 1.165) is 12.8 Å². The summed E-state index contributed by atoms with van der Waals surface area (Å²) in [5.41, 5.74) is 1.42. The van der Waals surface area contributed by atoms with E-state index in [4.69, 9.17) is 5.14 Å². The van der Waals surface area contributed by atoms with Gasteiger partial charge >= 0.3 is 0 Å². The first-order valence-electron chi connectivity index (χ1n) is 8.89. The van der Waals surface area contributed by atoms with Crippen molar-refractivity contribution in [2.75, 3.05) is 5.32 Å². The van der Waals surface area contributed by atoms with Gasteiger partial charge < -0.3 is 10.2 Å². The first-order chi connectivity index (χ1) is 13.1. The minimum atomic E-state index is -4.09. The standard InChI is InChI=1S/C18H20N4O4S2/c1-9(11-3-4-11)22-8-13-5-12(14-7-20-18(27-14)21-10(2)23)6-15(28(19,25)26)16(13)17(22)24/h5-7,9,11H,3-4,8H2,1-2H3,(H2,19,25,26)(H,20,21,23). The third kappa shape index (κ3) is 3.43. The zero-order chi connectivity index (χ0) is 20.2. The van der Waals surface area contributed by atoms with Crippen LogP contribution in [-0.4, -0.2) is 36.2 Å². The number of benzene rings is 1. The minimum Gasteiger partial charge on any atom is -0.331 e. The van der Waals surface area contributed by atoms with Crippen molar-refractivity contribution in [3.8, 4) is 10.4 Å². The number of aromatic nitrogens is 1. The Morgan fingerprint density at radius 1 is 1.39 bits per heavy atom. The zero-order valence-electron chi connectivity index (χ0n) is 15.4. The number of hydrogen-bond donors (Lipinski definition) is 2. The van der Waals surface area contributed by atoms with Gasteiger partial charge in [0.15, 0.2) is 5.13 Å². The Hall–Kier alpha value is -2.30. The number of rotatable bonds is 5. The van der Waals surface area contributed by atoms with Gasteiger partial charge in [-0.2, -0.15) is 0 Å². The number of amides is 2. The van der Waals surface area contributed by atoms with E-state index in [9.17, 15) is 18.0 Å². The number of hydrogen-bond acceptors (Lipinski definition) is 6. The molecule has 0 radical (unpaired) electrons. The summed E-state index contributed by atoms with van der Waals surface area (Å²) in [6.07, 6.45) is 3.73. The average Bonchev–Trinajstić information content (AvgIpc) is 3.27. The topological polar surface area (TPSA) is 122 Å². The Morgan fingerprint density at radius 3 is 2.71 bits per heavy atom. The van der Waals surface area contributed by atoms with E-state index in [0.29, 0.717) is 33.6 Å². The first kappa shape index (κ1) is 19.0. The number of primary sulfonamides is 1. The predicted molar refractivity (Wildman–Crippen MR) is 105 cm³/mol. The fourth-order valence-corrected chi connectivity index (χ4v) is 5.23. The molecule has 1 aromatic heterocycles. The number of carbonyl (C=O) groups is 2. The molecule has 0 saturated heterocycles. The van der Waals surface area contributed by atoms with Crippen molar-refractivity contribution in [1.82, 2.24) is 9.88 Å². The highest BCUT2D eigenvalue weighted by molar-refractivity contribution is 7.89. The molecule has 0 bridgehead atoms. The second-order valence-electron chi connectivity index (χ2n) is 7.28. The molecule has 0 spiro atoms. The Morgan fingerprint density at radius 2 is 2.11 bits per heavy atom. The van der Waals surface area contributed by atoms with Crippen molar-refractivity contribution >= 4 is 38.3 Å². The van der Waals surface area contributed by atoms with E-state index >= 15 is 0 Å². The molecule has 2 aliphatic rings. The molecule has 1 aliphatic heterocycles. The number of nitrogens with two attached hydrogens (primary N) is 1. The molecule has 2 heterocycles. The van der Waals surface area contributed by atoms with E-state index in [-0.39, 0.29) is 28.3 Å². The maximum atomic E-state index is 13.0. The van der Waals surface area contributed by atoms with Crippen molar-refractivity contribution in [2.45, 2.75) is 44.2 Å². The minimum absolute atomic E-state index is 0.0615. The Labute approximate surface area is 166 Å². The van der Waals surface area contributed by atoms with Gasteiger partial charge in [0.25, 0.3) is 5.91 Å². The van der Waals surface area contributed by atoms with E-state index in [1.54, 1.807) is 11.1 Å². The molecule has 2 aromatic rings. The lowest BCUT2D eigenvalue weighted by Crippen LogP contribution is -2.35. The molecular weight excluding hydrogens is 400 g/mol. The number of fused-ring (bicyclic) bond motifs is 1. The summed E-state index contributed by atoms with van der Waals surface area (Å²) >= 11 is 1.22. The zero-order valence-corrected chi connectivity index (χ0v) is 17.1. The Bertz CT molecular complexity index is 1090. The molecular formula is C18H20N4O4S2. The molecule has 1 fully saturated rings. The van der Waals surface area contributed by atoms with Crippen molar-refractivity contribution in [1.29, 1.82) is 0 Å². The fraction of sp³-hybridized carbons (Fsp3) is 0.389. The van der Waals surface area contributed by atoms with Crippen molar-refractivity contribution in [3.05, 3.63) is 29.5 Å². The van der Waals surface area contributed by atoms with Gasteiger partial charge in [-0.25, -0.2) is 18.5 Å². The van der Waals surface area contributed by atoms with Crippen LogP contribution in [0.2, 0.25) is 0 Å². The van der Waals surface area contributed by atoms with Crippen LogP contribution in [0.15, 0.2) is 23.2 Å². The molecule has 1 aliphatic carbocycles. The number of thiazole rings is 1. The van der Waals surface area contributed by atoms with Crippen molar-refractivity contribution < 1.29 is 18.0 Å². The number of sulfonamides is 1. The van der Waals surface area contributed by atoms with Crippen LogP contribution < -0.4 is 10.5 Å². The molecule has 10 heteroatoms. The van der Waals surface area contributed by atoms with Gasteiger partial charge in [-0.1, -0.05) is 11.3 Å². The van der Waals surface area contributed by atoms with Crippen LogP contribution in [0.1, 0.15) is 42.6 Å². The van der Waals surface area contributed by atoms with Crippen LogP contribution in [-0.2, 0) is 21.4 Å². The second kappa shape index (κ2) is 6.64. The summed E-state index contributed by atoms with van der Waals surface area (Å²) in [5, 5.41) is 8.46. The SMILES string of the molecule is CC(=O)Nc1ncc(-c2cc3c(c(S(N)(=O)=O)c2)C(=O)N(C(C)C2CC2)C3)s1.